The molecule has 20 heavy (non-hydrogen) atoms. The van der Waals surface area contributed by atoms with E-state index in [0.717, 1.165) is 0 Å². The van der Waals surface area contributed by atoms with Crippen molar-refractivity contribution in [2.75, 3.05) is 13.2 Å². The van der Waals surface area contributed by atoms with Gasteiger partial charge in [-0.15, -0.1) is 0 Å². The molecule has 0 aromatic carbocycles. The van der Waals surface area contributed by atoms with E-state index in [1.54, 1.807) is 27.7 Å². The highest BCUT2D eigenvalue weighted by Crippen LogP contribution is 2.27. The highest BCUT2D eigenvalue weighted by molar-refractivity contribution is 5.91. The highest BCUT2D eigenvalue weighted by Gasteiger charge is 2.46. The Morgan fingerprint density at radius 2 is 1.90 bits per heavy atom. The lowest BCUT2D eigenvalue weighted by atomic mass is 10.0. The molecule has 0 unspecified atom stereocenters. The number of esters is 1. The third-order valence-corrected chi connectivity index (χ3v) is 2.91. The summed E-state index contributed by atoms with van der Waals surface area (Å²) in [6.07, 6.45) is -0.306. The molecule has 1 fully saturated rings. The third kappa shape index (κ3) is 3.85. The van der Waals surface area contributed by atoms with Crippen LogP contribution in [0.15, 0.2) is 0 Å². The van der Waals surface area contributed by atoms with Crippen molar-refractivity contribution in [3.05, 3.63) is 0 Å². The van der Waals surface area contributed by atoms with Crippen LogP contribution in [-0.4, -0.2) is 47.7 Å². The fraction of sp³-hybridized carbons (Fsp3) is 0.769. The largest absolute Gasteiger partial charge is 0.466 e. The van der Waals surface area contributed by atoms with E-state index in [-0.39, 0.29) is 13.2 Å². The Labute approximate surface area is 118 Å². The van der Waals surface area contributed by atoms with E-state index in [1.807, 2.05) is 0 Å². The van der Waals surface area contributed by atoms with Gasteiger partial charge in [-0.25, -0.2) is 4.79 Å². The molecule has 1 saturated heterocycles. The number of primary amides is 1. The summed E-state index contributed by atoms with van der Waals surface area (Å²) in [5.41, 5.74) is 4.64. The van der Waals surface area contributed by atoms with Gasteiger partial charge in [0.25, 0.3) is 0 Å². The van der Waals surface area contributed by atoms with Gasteiger partial charge in [0.2, 0.25) is 5.91 Å². The van der Waals surface area contributed by atoms with Crippen molar-refractivity contribution >= 4 is 18.0 Å². The van der Waals surface area contributed by atoms with E-state index in [1.165, 1.54) is 4.90 Å². The number of rotatable bonds is 3. The lowest BCUT2D eigenvalue weighted by molar-refractivity contribution is -0.150. The minimum absolute atomic E-state index is 0.216. The predicted molar refractivity (Wildman–Crippen MR) is 70.7 cm³/mol. The number of hydrogen-bond donors (Lipinski definition) is 1. The summed E-state index contributed by atoms with van der Waals surface area (Å²) in [5.74, 6) is -1.96. The number of amides is 2. The first-order valence-corrected chi connectivity index (χ1v) is 6.63. The Hall–Kier alpha value is -1.79. The first-order chi connectivity index (χ1) is 9.17. The van der Waals surface area contributed by atoms with Crippen molar-refractivity contribution in [3.8, 4) is 0 Å². The molecule has 7 heteroatoms. The van der Waals surface area contributed by atoms with Crippen LogP contribution in [0.2, 0.25) is 0 Å². The van der Waals surface area contributed by atoms with Gasteiger partial charge < -0.3 is 15.2 Å². The Bertz CT molecular complexity index is 402. The summed E-state index contributed by atoms with van der Waals surface area (Å²) in [6.45, 7) is 7.31. The molecular weight excluding hydrogens is 264 g/mol. The van der Waals surface area contributed by atoms with E-state index in [9.17, 15) is 14.4 Å². The first-order valence-electron chi connectivity index (χ1n) is 6.63. The number of ether oxygens (including phenoxy) is 2. The van der Waals surface area contributed by atoms with Crippen molar-refractivity contribution < 1.29 is 23.9 Å². The molecule has 0 bridgehead atoms. The monoisotopic (exact) mass is 286 g/mol. The second kappa shape index (κ2) is 6.11. The molecule has 7 nitrogen and oxygen atoms in total. The van der Waals surface area contributed by atoms with Gasteiger partial charge >= 0.3 is 12.1 Å². The van der Waals surface area contributed by atoms with E-state index in [4.69, 9.17) is 15.2 Å². The fourth-order valence-electron chi connectivity index (χ4n) is 2.17. The number of carbonyl (C=O) groups excluding carboxylic acids is 3. The van der Waals surface area contributed by atoms with Crippen LogP contribution in [0.3, 0.4) is 0 Å². The Morgan fingerprint density at radius 3 is 2.35 bits per heavy atom. The molecule has 0 radical (unpaired) electrons. The van der Waals surface area contributed by atoms with Crippen LogP contribution in [0.4, 0.5) is 4.79 Å². The molecule has 2 N–H and O–H groups in total. The molecular formula is C13H22N2O5. The summed E-state index contributed by atoms with van der Waals surface area (Å²) < 4.78 is 10.1. The van der Waals surface area contributed by atoms with E-state index in [0.29, 0.717) is 6.42 Å². The summed E-state index contributed by atoms with van der Waals surface area (Å²) in [4.78, 5) is 36.6. The van der Waals surface area contributed by atoms with Gasteiger partial charge in [-0.1, -0.05) is 0 Å². The molecule has 1 rings (SSSR count). The number of likely N-dealkylation sites (tertiary alicyclic amines) is 1. The van der Waals surface area contributed by atoms with Crippen LogP contribution in [0.1, 0.15) is 34.1 Å². The molecule has 0 spiro atoms. The van der Waals surface area contributed by atoms with E-state index >= 15 is 0 Å². The second-order valence-electron chi connectivity index (χ2n) is 5.67. The summed E-state index contributed by atoms with van der Waals surface area (Å²) in [5, 5.41) is 0. The molecule has 0 aliphatic carbocycles. The summed E-state index contributed by atoms with van der Waals surface area (Å²) in [7, 11) is 0. The van der Waals surface area contributed by atoms with Crippen LogP contribution in [-0.2, 0) is 19.1 Å². The smallest absolute Gasteiger partial charge is 0.410 e. The molecule has 1 aliphatic rings. The minimum atomic E-state index is -1.01. The quantitative estimate of drug-likeness (QED) is 0.768. The summed E-state index contributed by atoms with van der Waals surface area (Å²) in [6, 6.07) is -1.01. The van der Waals surface area contributed by atoms with Gasteiger partial charge in [0.15, 0.2) is 0 Å². The average Bonchev–Trinajstić information content (AvgIpc) is 2.71. The van der Waals surface area contributed by atoms with Crippen molar-refractivity contribution in [1.29, 1.82) is 0 Å². The van der Waals surface area contributed by atoms with Gasteiger partial charge in [-0.2, -0.15) is 0 Å². The van der Waals surface area contributed by atoms with E-state index < -0.39 is 35.5 Å². The first kappa shape index (κ1) is 16.3. The van der Waals surface area contributed by atoms with Gasteiger partial charge in [-0.05, 0) is 34.1 Å². The predicted octanol–water partition coefficient (Wildman–Crippen LogP) is 0.660. The Kier molecular flexibility index (Phi) is 4.97. The highest BCUT2D eigenvalue weighted by atomic mass is 16.6. The fourth-order valence-corrected chi connectivity index (χ4v) is 2.17. The molecule has 0 aromatic heterocycles. The third-order valence-electron chi connectivity index (χ3n) is 2.91. The Morgan fingerprint density at radius 1 is 1.30 bits per heavy atom. The van der Waals surface area contributed by atoms with Crippen molar-refractivity contribution in [2.24, 2.45) is 11.7 Å². The van der Waals surface area contributed by atoms with Crippen LogP contribution in [0.5, 0.6) is 0 Å². The zero-order valence-corrected chi connectivity index (χ0v) is 12.3. The SMILES string of the molecule is CCOC(=O)[C@@H]1CCN(C(=O)OC(C)(C)C)[C@@H]1C(N)=O. The zero-order chi connectivity index (χ0) is 15.5. The Balaban J connectivity index is 2.86. The number of nitrogens with two attached hydrogens (primary N) is 1. The van der Waals surface area contributed by atoms with Gasteiger partial charge in [0.1, 0.15) is 11.6 Å². The topological polar surface area (TPSA) is 98.9 Å². The normalized spacial score (nSPS) is 22.5. The van der Waals surface area contributed by atoms with Crippen LogP contribution < -0.4 is 5.73 Å². The average molecular weight is 286 g/mol. The molecule has 2 amide bonds. The standard InChI is InChI=1S/C13H22N2O5/c1-5-19-11(17)8-6-7-15(9(8)10(14)16)12(18)20-13(2,3)4/h8-9H,5-7H2,1-4H3,(H2,14,16)/t8-,9+/m1/s1. The van der Waals surface area contributed by atoms with Crippen LogP contribution in [0, 0.1) is 5.92 Å². The lowest BCUT2D eigenvalue weighted by Crippen LogP contribution is -2.49. The maximum atomic E-state index is 12.0. The zero-order valence-electron chi connectivity index (χ0n) is 12.3. The van der Waals surface area contributed by atoms with Crippen molar-refractivity contribution in [1.82, 2.24) is 4.90 Å². The second-order valence-corrected chi connectivity index (χ2v) is 5.67. The van der Waals surface area contributed by atoms with Gasteiger partial charge in [0.05, 0.1) is 12.5 Å². The van der Waals surface area contributed by atoms with Crippen LogP contribution in [0.25, 0.3) is 0 Å². The maximum Gasteiger partial charge on any atom is 0.410 e. The minimum Gasteiger partial charge on any atom is -0.466 e. The number of carbonyl (C=O) groups is 3. The molecule has 2 atom stereocenters. The molecule has 0 aromatic rings. The van der Waals surface area contributed by atoms with Crippen LogP contribution >= 0.6 is 0 Å². The van der Waals surface area contributed by atoms with E-state index in [2.05, 4.69) is 0 Å². The maximum absolute atomic E-state index is 12.0. The van der Waals surface area contributed by atoms with Gasteiger partial charge in [-0.3, -0.25) is 14.5 Å². The van der Waals surface area contributed by atoms with Crippen molar-refractivity contribution in [2.45, 2.75) is 45.8 Å². The number of hydrogen-bond acceptors (Lipinski definition) is 5. The molecule has 0 saturated carbocycles. The van der Waals surface area contributed by atoms with Gasteiger partial charge in [0, 0.05) is 6.54 Å². The summed E-state index contributed by atoms with van der Waals surface area (Å²) >= 11 is 0. The lowest BCUT2D eigenvalue weighted by Gasteiger charge is -2.28. The van der Waals surface area contributed by atoms with Crippen molar-refractivity contribution in [3.63, 3.8) is 0 Å². The molecule has 114 valence electrons. The molecule has 1 heterocycles. The number of nitrogens with zero attached hydrogens (tertiary/aromatic N) is 1. The molecule has 1 aliphatic heterocycles.